The van der Waals surface area contributed by atoms with Crippen molar-refractivity contribution in [1.82, 2.24) is 5.32 Å². The molecule has 1 amide bonds. The zero-order chi connectivity index (χ0) is 33.1. The van der Waals surface area contributed by atoms with E-state index < -0.39 is 92.0 Å². The van der Waals surface area contributed by atoms with Crippen molar-refractivity contribution in [1.29, 1.82) is 0 Å². The van der Waals surface area contributed by atoms with Gasteiger partial charge in [-0.2, -0.15) is 0 Å². The largest absolute Gasteiger partial charge is 0.508 e. The number of hydrogen-bond donors (Lipinski definition) is 9. The number of esters is 1. The average Bonchev–Trinajstić information content (AvgIpc) is 3.01. The molecule has 0 saturated carbocycles. The summed E-state index contributed by atoms with van der Waals surface area (Å²) >= 11 is 0. The first-order valence-corrected chi connectivity index (χ1v) is 14.9. The molecule has 1 aromatic carbocycles. The minimum atomic E-state index is -1.84. The summed E-state index contributed by atoms with van der Waals surface area (Å²) in [4.78, 5) is 24.5. The van der Waals surface area contributed by atoms with Gasteiger partial charge in [0.2, 0.25) is 0 Å². The molecule has 2 saturated heterocycles. The van der Waals surface area contributed by atoms with Crippen LogP contribution >= 0.6 is 0 Å². The first kappa shape index (κ1) is 36.8. The van der Waals surface area contributed by atoms with Gasteiger partial charge in [-0.3, -0.25) is 9.59 Å². The molecule has 0 spiro atoms. The Morgan fingerprint density at radius 3 is 1.98 bits per heavy atom. The van der Waals surface area contributed by atoms with Crippen LogP contribution in [0.1, 0.15) is 55.3 Å². The van der Waals surface area contributed by atoms with Gasteiger partial charge in [0.1, 0.15) is 60.3 Å². The van der Waals surface area contributed by atoms with Crippen LogP contribution in [0.4, 0.5) is 0 Å². The van der Waals surface area contributed by atoms with Gasteiger partial charge in [-0.1, -0.05) is 25.7 Å². The highest BCUT2D eigenvalue weighted by atomic mass is 16.7. The highest BCUT2D eigenvalue weighted by Crippen LogP contribution is 2.30. The van der Waals surface area contributed by atoms with Crippen molar-refractivity contribution >= 4 is 11.9 Å². The minimum absolute atomic E-state index is 0.132. The van der Waals surface area contributed by atoms with E-state index >= 15 is 0 Å². The summed E-state index contributed by atoms with van der Waals surface area (Å²) in [6.07, 6.45) is -9.07. The number of aliphatic hydroxyl groups is 6. The molecule has 2 heterocycles. The summed E-state index contributed by atoms with van der Waals surface area (Å²) < 4.78 is 27.6. The Morgan fingerprint density at radius 2 is 1.36 bits per heavy atom. The molecule has 0 radical (unpaired) electrons. The van der Waals surface area contributed by atoms with Crippen LogP contribution in [0.15, 0.2) is 18.2 Å². The van der Waals surface area contributed by atoms with Crippen molar-refractivity contribution < 1.29 is 74.1 Å². The molecule has 2 fully saturated rings. The number of aliphatic hydroxyl groups excluding tert-OH is 6. The third-order valence-electron chi connectivity index (χ3n) is 7.74. The number of amides is 1. The number of carbonyl (C=O) groups excluding carboxylic acids is 2. The lowest BCUT2D eigenvalue weighted by Gasteiger charge is -2.47. The Labute approximate surface area is 260 Å². The Bertz CT molecular complexity index is 1050. The van der Waals surface area contributed by atoms with E-state index in [1.807, 2.05) is 0 Å². The smallest absolute Gasteiger partial charge is 0.305 e. The predicted octanol–water partition coefficient (Wildman–Crippen LogP) is -1.62. The third-order valence-corrected chi connectivity index (χ3v) is 7.74. The topological polar surface area (TPSA) is 254 Å². The van der Waals surface area contributed by atoms with E-state index in [0.717, 1.165) is 50.3 Å². The van der Waals surface area contributed by atoms with Gasteiger partial charge in [0.05, 0.1) is 20.3 Å². The number of phenols is 2. The van der Waals surface area contributed by atoms with Crippen LogP contribution in [0.25, 0.3) is 0 Å². The van der Waals surface area contributed by atoms with Gasteiger partial charge < -0.3 is 69.9 Å². The number of benzene rings is 1. The number of hydrogen-bond acceptors (Lipinski definition) is 15. The maximum Gasteiger partial charge on any atom is 0.305 e. The maximum atomic E-state index is 13.2. The molecular formula is C29H45NO15. The summed E-state index contributed by atoms with van der Waals surface area (Å²) in [6, 6.07) is 1.84. The zero-order valence-corrected chi connectivity index (χ0v) is 25.0. The van der Waals surface area contributed by atoms with Crippen molar-refractivity contribution in [2.75, 3.05) is 26.9 Å². The molecule has 0 aromatic heterocycles. The normalized spacial score (nSPS) is 31.8. The van der Waals surface area contributed by atoms with Crippen LogP contribution in [-0.4, -0.2) is 141 Å². The Balaban J connectivity index is 1.74. The molecule has 16 nitrogen and oxygen atoms in total. The Hall–Kier alpha value is -2.64. The van der Waals surface area contributed by atoms with Crippen LogP contribution in [0.3, 0.4) is 0 Å². The van der Waals surface area contributed by atoms with Gasteiger partial charge in [-0.15, -0.1) is 0 Å². The van der Waals surface area contributed by atoms with Crippen molar-refractivity contribution in [3.8, 4) is 11.5 Å². The molecule has 2 aliphatic rings. The molecule has 3 rings (SSSR count). The monoisotopic (exact) mass is 647 g/mol. The second kappa shape index (κ2) is 17.9. The molecular weight excluding hydrogens is 602 g/mol. The summed E-state index contributed by atoms with van der Waals surface area (Å²) in [5.74, 6) is -1.88. The van der Waals surface area contributed by atoms with E-state index in [1.165, 1.54) is 7.11 Å². The fourth-order valence-electron chi connectivity index (χ4n) is 5.20. The SMILES string of the molecule is COC(=O)CCCCCCCCO[C@@H]1OC(CO)[C@@H](O)C(OC2OC(CO)[C@H](O)C(O)C2O)C1NC(=O)c1cc(O)cc(O)c1. The van der Waals surface area contributed by atoms with Crippen LogP contribution in [0.2, 0.25) is 0 Å². The lowest BCUT2D eigenvalue weighted by atomic mass is 9.95. The highest BCUT2D eigenvalue weighted by molar-refractivity contribution is 5.95. The summed E-state index contributed by atoms with van der Waals surface area (Å²) in [7, 11) is 1.35. The van der Waals surface area contributed by atoms with Crippen molar-refractivity contribution in [2.45, 2.75) is 106 Å². The molecule has 10 atom stereocenters. The fraction of sp³-hybridized carbons (Fsp3) is 0.724. The van der Waals surface area contributed by atoms with Crippen molar-refractivity contribution in [3.63, 3.8) is 0 Å². The maximum absolute atomic E-state index is 13.2. The average molecular weight is 648 g/mol. The first-order chi connectivity index (χ1) is 21.5. The van der Waals surface area contributed by atoms with E-state index in [0.29, 0.717) is 12.8 Å². The molecule has 7 unspecified atom stereocenters. The fourth-order valence-corrected chi connectivity index (χ4v) is 5.20. The van der Waals surface area contributed by atoms with Gasteiger partial charge in [0.15, 0.2) is 12.6 Å². The lowest BCUT2D eigenvalue weighted by Crippen LogP contribution is -2.68. The number of ether oxygens (including phenoxy) is 5. The second-order valence-corrected chi connectivity index (χ2v) is 11.1. The van der Waals surface area contributed by atoms with E-state index in [-0.39, 0.29) is 18.1 Å². The minimum Gasteiger partial charge on any atom is -0.508 e. The van der Waals surface area contributed by atoms with Crippen LogP contribution in [-0.2, 0) is 28.5 Å². The van der Waals surface area contributed by atoms with E-state index in [2.05, 4.69) is 10.1 Å². The summed E-state index contributed by atoms with van der Waals surface area (Å²) in [5, 5.41) is 83.8. The standard InChI is InChI=1S/C29H45NO15/c1-41-20(35)8-6-4-2-3-5-7-9-42-28-21(30-27(40)15-10-16(33)12-17(34)11-15)26(23(37)19(14-32)43-28)45-29-25(39)24(38)22(36)18(13-31)44-29/h10-12,18-19,21-26,28-29,31-34,36-39H,2-9,13-14H2,1H3,(H,30,40)/t18?,19?,21?,22-,23+,24?,25?,26?,28+,29?/m0/s1. The van der Waals surface area contributed by atoms with Gasteiger partial charge in [0.25, 0.3) is 5.91 Å². The summed E-state index contributed by atoms with van der Waals surface area (Å²) in [5.41, 5.74) is -0.163. The molecule has 0 aliphatic carbocycles. The van der Waals surface area contributed by atoms with Crippen LogP contribution in [0.5, 0.6) is 11.5 Å². The number of carbonyl (C=O) groups is 2. The number of phenolic OH excluding ortho intramolecular Hbond substituents is 2. The van der Waals surface area contributed by atoms with E-state index in [1.54, 1.807) is 0 Å². The summed E-state index contributed by atoms with van der Waals surface area (Å²) in [6.45, 7) is -1.30. The number of aromatic hydroxyl groups is 2. The van der Waals surface area contributed by atoms with E-state index in [4.69, 9.17) is 18.9 Å². The quantitative estimate of drug-likeness (QED) is 0.0722. The number of methoxy groups -OCH3 is 1. The molecule has 0 bridgehead atoms. The number of nitrogens with one attached hydrogen (secondary N) is 1. The van der Waals surface area contributed by atoms with Crippen molar-refractivity contribution in [3.05, 3.63) is 23.8 Å². The van der Waals surface area contributed by atoms with Crippen LogP contribution in [0, 0.1) is 0 Å². The molecule has 1 aromatic rings. The Kier molecular flexibility index (Phi) is 14.6. The zero-order valence-electron chi connectivity index (χ0n) is 25.0. The van der Waals surface area contributed by atoms with Crippen molar-refractivity contribution in [2.24, 2.45) is 0 Å². The highest BCUT2D eigenvalue weighted by Gasteiger charge is 2.51. The third kappa shape index (κ3) is 10.2. The molecule has 256 valence electrons. The number of rotatable bonds is 16. The van der Waals surface area contributed by atoms with E-state index in [9.17, 15) is 50.4 Å². The van der Waals surface area contributed by atoms with Crippen LogP contribution < -0.4 is 5.32 Å². The van der Waals surface area contributed by atoms with Gasteiger partial charge >= 0.3 is 5.97 Å². The first-order valence-electron chi connectivity index (χ1n) is 14.9. The Morgan fingerprint density at radius 1 is 0.778 bits per heavy atom. The molecule has 2 aliphatic heterocycles. The van der Waals surface area contributed by atoms with Gasteiger partial charge in [0, 0.05) is 24.7 Å². The molecule has 16 heteroatoms. The predicted molar refractivity (Wildman–Crippen MR) is 152 cm³/mol. The van der Waals surface area contributed by atoms with Gasteiger partial charge in [-0.05, 0) is 25.0 Å². The lowest BCUT2D eigenvalue weighted by molar-refractivity contribution is -0.344. The van der Waals surface area contributed by atoms with Gasteiger partial charge in [-0.25, -0.2) is 0 Å². The molecule has 45 heavy (non-hydrogen) atoms. The number of unbranched alkanes of at least 4 members (excludes halogenated alkanes) is 5. The second-order valence-electron chi connectivity index (χ2n) is 11.1. The molecule has 9 N–H and O–H groups in total.